The molecule has 0 aliphatic carbocycles. The highest BCUT2D eigenvalue weighted by atomic mass is 35.5. The molecular formula is C16H16Cl2N2O2S. The molecule has 1 amide bonds. The van der Waals surface area contributed by atoms with Gasteiger partial charge >= 0.3 is 0 Å². The van der Waals surface area contributed by atoms with Crippen LogP contribution in [0.5, 0.6) is 0 Å². The molecule has 7 heteroatoms. The molecule has 1 unspecified atom stereocenters. The van der Waals surface area contributed by atoms with Crippen LogP contribution in [-0.4, -0.2) is 23.2 Å². The molecule has 2 heterocycles. The number of nitrogens with zero attached hydrogens (tertiary/aromatic N) is 2. The maximum Gasteiger partial charge on any atom is 0.281 e. The number of carbonyl (C=O) groups excluding carboxylic acids is 1. The molecule has 1 atom stereocenters. The van der Waals surface area contributed by atoms with Crippen LogP contribution >= 0.6 is 34.5 Å². The zero-order chi connectivity index (χ0) is 16.4. The highest BCUT2D eigenvalue weighted by Gasteiger charge is 2.17. The molecule has 0 saturated carbocycles. The molecule has 4 nitrogen and oxygen atoms in total. The summed E-state index contributed by atoms with van der Waals surface area (Å²) in [5.41, 5.74) is 0.314. The van der Waals surface area contributed by atoms with Crippen LogP contribution in [0.1, 0.15) is 28.1 Å². The van der Waals surface area contributed by atoms with Crippen LogP contribution in [0.25, 0.3) is 0 Å². The molecule has 1 aromatic carbocycles. The number of thiazole rings is 1. The molecule has 23 heavy (non-hydrogen) atoms. The van der Waals surface area contributed by atoms with Gasteiger partial charge in [-0.15, -0.1) is 11.3 Å². The Hall–Kier alpha value is -1.14. The smallest absolute Gasteiger partial charge is 0.281 e. The van der Waals surface area contributed by atoms with E-state index < -0.39 is 0 Å². The number of aromatic nitrogens is 1. The average molecular weight is 371 g/mol. The molecular weight excluding hydrogens is 355 g/mol. The van der Waals surface area contributed by atoms with Crippen molar-refractivity contribution >= 4 is 40.4 Å². The Labute approximate surface area is 148 Å². The van der Waals surface area contributed by atoms with E-state index in [0.717, 1.165) is 24.3 Å². The van der Waals surface area contributed by atoms with E-state index in [-0.39, 0.29) is 17.0 Å². The summed E-state index contributed by atoms with van der Waals surface area (Å²) in [5, 5.41) is 0.587. The van der Waals surface area contributed by atoms with Gasteiger partial charge in [0, 0.05) is 17.7 Å². The van der Waals surface area contributed by atoms with Gasteiger partial charge in [-0.3, -0.25) is 4.79 Å². The van der Waals surface area contributed by atoms with Crippen LogP contribution in [0.2, 0.25) is 10.0 Å². The van der Waals surface area contributed by atoms with E-state index in [1.807, 2.05) is 17.7 Å². The summed E-state index contributed by atoms with van der Waals surface area (Å²) in [7, 11) is 0. The Morgan fingerprint density at radius 1 is 1.48 bits per heavy atom. The molecule has 1 aliphatic rings. The molecule has 3 rings (SSSR count). The van der Waals surface area contributed by atoms with Crippen molar-refractivity contribution in [3.05, 3.63) is 49.7 Å². The number of hydrogen-bond donors (Lipinski definition) is 0. The fraction of sp³-hybridized carbons (Fsp3) is 0.375. The number of benzene rings is 1. The molecule has 1 saturated heterocycles. The maximum atomic E-state index is 12.4. The Morgan fingerprint density at radius 2 is 2.30 bits per heavy atom. The molecule has 122 valence electrons. The van der Waals surface area contributed by atoms with Gasteiger partial charge in [0.25, 0.3) is 5.91 Å². The van der Waals surface area contributed by atoms with Crippen molar-refractivity contribution in [1.82, 2.24) is 4.57 Å². The van der Waals surface area contributed by atoms with Gasteiger partial charge in [-0.05, 0) is 31.9 Å². The van der Waals surface area contributed by atoms with Crippen molar-refractivity contribution in [2.24, 2.45) is 4.99 Å². The highest BCUT2D eigenvalue weighted by Crippen LogP contribution is 2.26. The third-order valence-corrected chi connectivity index (χ3v) is 5.39. The summed E-state index contributed by atoms with van der Waals surface area (Å²) < 4.78 is 7.64. The lowest BCUT2D eigenvalue weighted by Crippen LogP contribution is -2.23. The van der Waals surface area contributed by atoms with Crippen molar-refractivity contribution in [2.75, 3.05) is 6.61 Å². The van der Waals surface area contributed by atoms with Gasteiger partial charge in [-0.2, -0.15) is 4.99 Å². The van der Waals surface area contributed by atoms with E-state index in [0.29, 0.717) is 21.9 Å². The summed E-state index contributed by atoms with van der Waals surface area (Å²) in [4.78, 5) is 18.4. The van der Waals surface area contributed by atoms with Crippen LogP contribution in [0.3, 0.4) is 0 Å². The first-order chi connectivity index (χ1) is 11.0. The predicted molar refractivity (Wildman–Crippen MR) is 92.4 cm³/mol. The Morgan fingerprint density at radius 3 is 3.04 bits per heavy atom. The fourth-order valence-corrected chi connectivity index (χ4v) is 3.77. The van der Waals surface area contributed by atoms with E-state index >= 15 is 0 Å². The van der Waals surface area contributed by atoms with E-state index in [4.69, 9.17) is 27.9 Å². The normalized spacial score (nSPS) is 18.6. The Kier molecular flexibility index (Phi) is 5.21. The topological polar surface area (TPSA) is 43.6 Å². The average Bonchev–Trinajstić information content (AvgIpc) is 3.12. The first-order valence-corrected chi connectivity index (χ1v) is 8.93. The minimum Gasteiger partial charge on any atom is -0.376 e. The SMILES string of the molecule is Cc1cn(CC2CCCO2)c(=NC(=O)c2cccc(Cl)c2Cl)s1. The lowest BCUT2D eigenvalue weighted by atomic mass is 10.2. The number of aryl methyl sites for hydroxylation is 1. The highest BCUT2D eigenvalue weighted by molar-refractivity contribution is 7.09. The number of amides is 1. The van der Waals surface area contributed by atoms with Gasteiger partial charge in [-0.1, -0.05) is 29.3 Å². The van der Waals surface area contributed by atoms with Crippen molar-refractivity contribution in [1.29, 1.82) is 0 Å². The van der Waals surface area contributed by atoms with Crippen LogP contribution in [0, 0.1) is 6.92 Å². The van der Waals surface area contributed by atoms with Crippen molar-refractivity contribution in [3.8, 4) is 0 Å². The van der Waals surface area contributed by atoms with Gasteiger partial charge in [0.15, 0.2) is 4.80 Å². The second-order valence-corrected chi connectivity index (χ2v) is 7.43. The van der Waals surface area contributed by atoms with E-state index in [2.05, 4.69) is 4.99 Å². The van der Waals surface area contributed by atoms with Gasteiger partial charge in [0.2, 0.25) is 0 Å². The predicted octanol–water partition coefficient (Wildman–Crippen LogP) is 4.08. The molecule has 0 N–H and O–H groups in total. The minimum atomic E-state index is -0.388. The van der Waals surface area contributed by atoms with Crippen molar-refractivity contribution < 1.29 is 9.53 Å². The van der Waals surface area contributed by atoms with Crippen LogP contribution in [-0.2, 0) is 11.3 Å². The molecule has 1 aliphatic heterocycles. The largest absolute Gasteiger partial charge is 0.376 e. The first kappa shape index (κ1) is 16.7. The van der Waals surface area contributed by atoms with E-state index in [9.17, 15) is 4.79 Å². The van der Waals surface area contributed by atoms with Crippen LogP contribution in [0.15, 0.2) is 29.4 Å². The molecule has 0 bridgehead atoms. The lowest BCUT2D eigenvalue weighted by Gasteiger charge is -2.09. The first-order valence-electron chi connectivity index (χ1n) is 7.36. The van der Waals surface area contributed by atoms with Gasteiger partial charge in [0.1, 0.15) is 0 Å². The summed E-state index contributed by atoms with van der Waals surface area (Å²) in [6, 6.07) is 4.97. The second-order valence-electron chi connectivity index (χ2n) is 5.43. The zero-order valence-electron chi connectivity index (χ0n) is 12.6. The van der Waals surface area contributed by atoms with Crippen molar-refractivity contribution in [2.45, 2.75) is 32.4 Å². The third kappa shape index (κ3) is 3.86. The van der Waals surface area contributed by atoms with Gasteiger partial charge < -0.3 is 9.30 Å². The van der Waals surface area contributed by atoms with Gasteiger partial charge in [-0.25, -0.2) is 0 Å². The fourth-order valence-electron chi connectivity index (χ4n) is 2.55. The maximum absolute atomic E-state index is 12.4. The zero-order valence-corrected chi connectivity index (χ0v) is 14.9. The van der Waals surface area contributed by atoms with Gasteiger partial charge in [0.05, 0.1) is 28.3 Å². The number of ether oxygens (including phenoxy) is 1. The summed E-state index contributed by atoms with van der Waals surface area (Å²) in [6.07, 6.45) is 4.30. The Bertz CT molecular complexity index is 792. The molecule has 0 spiro atoms. The quantitative estimate of drug-likeness (QED) is 0.816. The standard InChI is InChI=1S/C16H16Cl2N2O2S/c1-10-8-20(9-11-4-3-7-22-11)16(23-10)19-15(21)12-5-2-6-13(17)14(12)18/h2,5-6,8,11H,3-4,7,9H2,1H3. The molecule has 0 radical (unpaired) electrons. The van der Waals surface area contributed by atoms with E-state index in [1.165, 1.54) is 11.3 Å². The number of carbonyl (C=O) groups is 1. The molecule has 2 aromatic rings. The Balaban J connectivity index is 1.92. The molecule has 1 fully saturated rings. The van der Waals surface area contributed by atoms with Crippen LogP contribution < -0.4 is 4.80 Å². The van der Waals surface area contributed by atoms with E-state index in [1.54, 1.807) is 18.2 Å². The number of hydrogen-bond acceptors (Lipinski definition) is 3. The third-order valence-electron chi connectivity index (χ3n) is 3.64. The second kappa shape index (κ2) is 7.18. The summed E-state index contributed by atoms with van der Waals surface area (Å²) in [6.45, 7) is 3.50. The minimum absolute atomic E-state index is 0.188. The summed E-state index contributed by atoms with van der Waals surface area (Å²) >= 11 is 13.5. The number of rotatable bonds is 3. The molecule has 1 aromatic heterocycles. The lowest BCUT2D eigenvalue weighted by molar-refractivity contribution is 0.0949. The van der Waals surface area contributed by atoms with Crippen molar-refractivity contribution in [3.63, 3.8) is 0 Å². The monoisotopic (exact) mass is 370 g/mol. The van der Waals surface area contributed by atoms with Crippen LogP contribution in [0.4, 0.5) is 0 Å². The number of halogens is 2. The summed E-state index contributed by atoms with van der Waals surface area (Å²) in [5.74, 6) is -0.388.